The van der Waals surface area contributed by atoms with Crippen molar-refractivity contribution in [3.63, 3.8) is 0 Å². The van der Waals surface area contributed by atoms with Crippen molar-refractivity contribution in [3.05, 3.63) is 58.5 Å². The van der Waals surface area contributed by atoms with Crippen LogP contribution in [0.1, 0.15) is 18.5 Å². The Hall–Kier alpha value is -3.59. The highest BCUT2D eigenvalue weighted by Crippen LogP contribution is 2.27. The van der Waals surface area contributed by atoms with Gasteiger partial charge in [0.05, 0.1) is 30.7 Å². The Labute approximate surface area is 192 Å². The van der Waals surface area contributed by atoms with Crippen LogP contribution >= 0.6 is 0 Å². The number of ether oxygens (including phenoxy) is 1. The van der Waals surface area contributed by atoms with E-state index in [-0.39, 0.29) is 30.1 Å². The molecule has 4 rings (SSSR count). The summed E-state index contributed by atoms with van der Waals surface area (Å²) in [5.41, 5.74) is 3.11. The molecular weight excluding hydrogens is 422 g/mol. The van der Waals surface area contributed by atoms with Crippen LogP contribution in [0.5, 0.6) is 5.75 Å². The van der Waals surface area contributed by atoms with E-state index in [1.807, 2.05) is 41.3 Å². The van der Waals surface area contributed by atoms with Gasteiger partial charge >= 0.3 is 5.69 Å². The van der Waals surface area contributed by atoms with E-state index in [1.165, 1.54) is 0 Å². The number of fused-ring (bicyclic) bond motifs is 1. The SMILES string of the molecule is COc1ccc([C@@H]2CN(CC(=O)Nc3ccc4c(c3)n(C)c(=O)n4C)CCN2C(C)=O)cc1. The zero-order chi connectivity index (χ0) is 23.7. The zero-order valence-electron chi connectivity index (χ0n) is 19.4. The second kappa shape index (κ2) is 9.11. The number of amides is 2. The first-order valence-corrected chi connectivity index (χ1v) is 10.9. The molecule has 1 fully saturated rings. The molecule has 0 aliphatic carbocycles. The molecule has 0 saturated carbocycles. The lowest BCUT2D eigenvalue weighted by Gasteiger charge is -2.41. The molecule has 1 aromatic heterocycles. The van der Waals surface area contributed by atoms with E-state index >= 15 is 0 Å². The minimum atomic E-state index is -0.139. The summed E-state index contributed by atoms with van der Waals surface area (Å²) in [6.07, 6.45) is 0. The lowest BCUT2D eigenvalue weighted by atomic mass is 10.0. The van der Waals surface area contributed by atoms with Crippen LogP contribution in [0.4, 0.5) is 5.69 Å². The third kappa shape index (κ3) is 4.49. The lowest BCUT2D eigenvalue weighted by molar-refractivity contribution is -0.134. The molecule has 9 heteroatoms. The molecule has 2 heterocycles. The summed E-state index contributed by atoms with van der Waals surface area (Å²) < 4.78 is 8.38. The van der Waals surface area contributed by atoms with Crippen LogP contribution in [-0.2, 0) is 23.7 Å². The lowest BCUT2D eigenvalue weighted by Crippen LogP contribution is -2.51. The number of hydrogen-bond acceptors (Lipinski definition) is 5. The molecule has 1 N–H and O–H groups in total. The number of aromatic nitrogens is 2. The van der Waals surface area contributed by atoms with Gasteiger partial charge in [0.15, 0.2) is 0 Å². The van der Waals surface area contributed by atoms with Gasteiger partial charge in [0.1, 0.15) is 5.75 Å². The monoisotopic (exact) mass is 451 g/mol. The number of hydrogen-bond donors (Lipinski definition) is 1. The van der Waals surface area contributed by atoms with E-state index in [0.717, 1.165) is 22.3 Å². The van der Waals surface area contributed by atoms with E-state index in [0.29, 0.717) is 25.3 Å². The number of benzene rings is 2. The fourth-order valence-corrected chi connectivity index (χ4v) is 4.46. The number of anilines is 1. The van der Waals surface area contributed by atoms with Crippen molar-refractivity contribution in [1.82, 2.24) is 18.9 Å². The van der Waals surface area contributed by atoms with Gasteiger partial charge in [-0.15, -0.1) is 0 Å². The second-order valence-electron chi connectivity index (χ2n) is 8.39. The molecule has 1 aliphatic heterocycles. The van der Waals surface area contributed by atoms with Gasteiger partial charge in [-0.3, -0.25) is 23.6 Å². The van der Waals surface area contributed by atoms with Gasteiger partial charge in [-0.05, 0) is 35.9 Å². The van der Waals surface area contributed by atoms with E-state index in [4.69, 9.17) is 4.74 Å². The average Bonchev–Trinajstić information content (AvgIpc) is 3.02. The molecular formula is C24H29N5O4. The van der Waals surface area contributed by atoms with Crippen LogP contribution in [0.3, 0.4) is 0 Å². The highest BCUT2D eigenvalue weighted by Gasteiger charge is 2.30. The molecule has 1 aliphatic rings. The average molecular weight is 452 g/mol. The summed E-state index contributed by atoms with van der Waals surface area (Å²) in [6.45, 7) is 3.52. The first-order valence-electron chi connectivity index (χ1n) is 10.9. The predicted molar refractivity (Wildman–Crippen MR) is 126 cm³/mol. The number of aryl methyl sites for hydroxylation is 2. The van der Waals surface area contributed by atoms with Crippen molar-refractivity contribution in [2.75, 3.05) is 38.6 Å². The van der Waals surface area contributed by atoms with Gasteiger partial charge in [0.2, 0.25) is 11.8 Å². The summed E-state index contributed by atoms with van der Waals surface area (Å²) in [5.74, 6) is 0.634. The second-order valence-corrected chi connectivity index (χ2v) is 8.39. The maximum absolute atomic E-state index is 12.8. The largest absolute Gasteiger partial charge is 0.497 e. The molecule has 0 spiro atoms. The van der Waals surface area contributed by atoms with Crippen LogP contribution in [0.2, 0.25) is 0 Å². The Morgan fingerprint density at radius 2 is 1.73 bits per heavy atom. The highest BCUT2D eigenvalue weighted by molar-refractivity contribution is 5.94. The Kier molecular flexibility index (Phi) is 6.24. The van der Waals surface area contributed by atoms with Crippen LogP contribution in [-0.4, -0.2) is 64.0 Å². The molecule has 1 saturated heterocycles. The number of nitrogens with zero attached hydrogens (tertiary/aromatic N) is 4. The molecule has 0 bridgehead atoms. The summed E-state index contributed by atoms with van der Waals surface area (Å²) >= 11 is 0. The molecule has 9 nitrogen and oxygen atoms in total. The maximum atomic E-state index is 12.8. The minimum Gasteiger partial charge on any atom is -0.497 e. The van der Waals surface area contributed by atoms with E-state index in [2.05, 4.69) is 10.2 Å². The standard InChI is InChI=1S/C24H29N5O4/c1-16(30)29-12-11-28(14-22(29)17-5-8-19(33-4)9-6-17)15-23(31)25-18-7-10-20-21(13-18)27(3)24(32)26(20)2/h5-10,13,22H,11-12,14-15H2,1-4H3,(H,25,31)/t22-/m0/s1. The topological polar surface area (TPSA) is 88.8 Å². The van der Waals surface area contributed by atoms with Gasteiger partial charge in [-0.2, -0.15) is 0 Å². The summed E-state index contributed by atoms with van der Waals surface area (Å²) in [7, 11) is 5.06. The predicted octanol–water partition coefficient (Wildman–Crippen LogP) is 1.73. The molecule has 0 unspecified atom stereocenters. The number of imidazole rings is 1. The number of carbonyl (C=O) groups excluding carboxylic acids is 2. The minimum absolute atomic E-state index is 0.0155. The fourth-order valence-electron chi connectivity index (χ4n) is 4.46. The van der Waals surface area contributed by atoms with E-state index < -0.39 is 0 Å². The third-order valence-electron chi connectivity index (χ3n) is 6.29. The van der Waals surface area contributed by atoms with Crippen molar-refractivity contribution < 1.29 is 14.3 Å². The number of nitrogens with one attached hydrogen (secondary N) is 1. The van der Waals surface area contributed by atoms with E-state index in [1.54, 1.807) is 43.3 Å². The first kappa shape index (κ1) is 22.6. The van der Waals surface area contributed by atoms with Gasteiger partial charge in [-0.25, -0.2) is 4.79 Å². The molecule has 2 aromatic carbocycles. The van der Waals surface area contributed by atoms with Gasteiger partial charge in [0.25, 0.3) is 0 Å². The Bertz CT molecular complexity index is 1240. The number of rotatable bonds is 5. The summed E-state index contributed by atoms with van der Waals surface area (Å²) in [6, 6.07) is 13.0. The fraction of sp³-hybridized carbons (Fsp3) is 0.375. The Balaban J connectivity index is 1.46. The van der Waals surface area contributed by atoms with Crippen molar-refractivity contribution in [2.45, 2.75) is 13.0 Å². The number of piperazine rings is 1. The summed E-state index contributed by atoms with van der Waals surface area (Å²) in [5, 5.41) is 2.94. The summed E-state index contributed by atoms with van der Waals surface area (Å²) in [4.78, 5) is 41.0. The highest BCUT2D eigenvalue weighted by atomic mass is 16.5. The molecule has 2 amide bonds. The van der Waals surface area contributed by atoms with Crippen molar-refractivity contribution in [1.29, 1.82) is 0 Å². The first-order chi connectivity index (χ1) is 15.8. The van der Waals surface area contributed by atoms with Crippen molar-refractivity contribution in [2.24, 2.45) is 14.1 Å². The Morgan fingerprint density at radius 3 is 2.39 bits per heavy atom. The van der Waals surface area contributed by atoms with E-state index in [9.17, 15) is 14.4 Å². The maximum Gasteiger partial charge on any atom is 0.328 e. The molecule has 3 aromatic rings. The quantitative estimate of drug-likeness (QED) is 0.638. The Morgan fingerprint density at radius 1 is 1.03 bits per heavy atom. The van der Waals surface area contributed by atoms with Gasteiger partial charge < -0.3 is 15.0 Å². The molecule has 0 radical (unpaired) electrons. The van der Waals surface area contributed by atoms with Crippen molar-refractivity contribution >= 4 is 28.5 Å². The molecule has 33 heavy (non-hydrogen) atoms. The normalized spacial score (nSPS) is 16.7. The number of carbonyl (C=O) groups is 2. The van der Waals surface area contributed by atoms with Crippen LogP contribution in [0, 0.1) is 0 Å². The molecule has 1 atom stereocenters. The molecule has 174 valence electrons. The van der Waals surface area contributed by atoms with Crippen LogP contribution in [0.25, 0.3) is 11.0 Å². The smallest absolute Gasteiger partial charge is 0.328 e. The van der Waals surface area contributed by atoms with Crippen LogP contribution < -0.4 is 15.7 Å². The van der Waals surface area contributed by atoms with Gasteiger partial charge in [-0.1, -0.05) is 12.1 Å². The van der Waals surface area contributed by atoms with Crippen LogP contribution in [0.15, 0.2) is 47.3 Å². The zero-order valence-corrected chi connectivity index (χ0v) is 19.4. The number of methoxy groups -OCH3 is 1. The van der Waals surface area contributed by atoms with Crippen molar-refractivity contribution in [3.8, 4) is 5.75 Å². The van der Waals surface area contributed by atoms with Gasteiger partial charge in [0, 0.05) is 46.3 Å². The third-order valence-corrected chi connectivity index (χ3v) is 6.29.